The Balaban J connectivity index is 2.29. The SMILES string of the molecule is CO[C@@]1(NC(=O)CSC)C(=O)N2C(C(=O)O)=C(COC(C)=O)CS[C@@H]21. The lowest BCUT2D eigenvalue weighted by Gasteiger charge is -2.55. The standard InChI is InChI=1S/C14H18N2O7S2/c1-7(17)23-4-8-5-25-13-14(22-2,15-9(18)6-24-3)12(21)16(13)10(8)11(19)20/h13H,4-6H2,1-3H3,(H,15,18)(H,19,20)/t13-,14+/m1/s1. The molecule has 0 aromatic rings. The summed E-state index contributed by atoms with van der Waals surface area (Å²) < 4.78 is 10.1. The van der Waals surface area contributed by atoms with Crippen molar-refractivity contribution in [1.29, 1.82) is 0 Å². The van der Waals surface area contributed by atoms with Gasteiger partial charge in [0.1, 0.15) is 17.7 Å². The minimum atomic E-state index is -1.59. The zero-order chi connectivity index (χ0) is 18.8. The third-order valence-electron chi connectivity index (χ3n) is 3.68. The van der Waals surface area contributed by atoms with Gasteiger partial charge in [-0.05, 0) is 6.26 Å². The summed E-state index contributed by atoms with van der Waals surface area (Å²) in [7, 11) is 1.29. The number of rotatable bonds is 7. The van der Waals surface area contributed by atoms with Gasteiger partial charge in [-0.3, -0.25) is 19.3 Å². The number of nitrogens with zero attached hydrogens (tertiary/aromatic N) is 1. The molecule has 138 valence electrons. The van der Waals surface area contributed by atoms with Crippen LogP contribution in [0.4, 0.5) is 0 Å². The highest BCUT2D eigenvalue weighted by molar-refractivity contribution is 8.00. The maximum Gasteiger partial charge on any atom is 0.352 e. The van der Waals surface area contributed by atoms with E-state index in [2.05, 4.69) is 5.32 Å². The Bertz CT molecular complexity index is 651. The van der Waals surface area contributed by atoms with E-state index in [1.54, 1.807) is 6.26 Å². The molecule has 2 aliphatic heterocycles. The molecule has 0 radical (unpaired) electrons. The van der Waals surface area contributed by atoms with Crippen LogP contribution in [0.25, 0.3) is 0 Å². The molecule has 0 aromatic carbocycles. The molecule has 0 aliphatic carbocycles. The van der Waals surface area contributed by atoms with Gasteiger partial charge in [-0.25, -0.2) is 4.79 Å². The monoisotopic (exact) mass is 390 g/mol. The molecule has 9 nitrogen and oxygen atoms in total. The number of fused-ring (bicyclic) bond motifs is 1. The molecule has 2 amide bonds. The number of nitrogens with one attached hydrogen (secondary N) is 1. The van der Waals surface area contributed by atoms with E-state index in [1.165, 1.54) is 37.6 Å². The highest BCUT2D eigenvalue weighted by Gasteiger charge is 2.66. The van der Waals surface area contributed by atoms with Crippen LogP contribution in [0.15, 0.2) is 11.3 Å². The molecule has 2 heterocycles. The Morgan fingerprint density at radius 3 is 2.68 bits per heavy atom. The van der Waals surface area contributed by atoms with Crippen molar-refractivity contribution in [3.05, 3.63) is 11.3 Å². The van der Waals surface area contributed by atoms with Crippen molar-refractivity contribution in [1.82, 2.24) is 10.2 Å². The van der Waals surface area contributed by atoms with Crippen LogP contribution in [0, 0.1) is 0 Å². The number of ether oxygens (including phenoxy) is 2. The van der Waals surface area contributed by atoms with E-state index in [1.807, 2.05) is 0 Å². The number of carboxylic acid groups (broad SMARTS) is 1. The van der Waals surface area contributed by atoms with E-state index in [9.17, 15) is 24.3 Å². The van der Waals surface area contributed by atoms with Gasteiger partial charge >= 0.3 is 11.9 Å². The number of amides is 2. The number of hydrogen-bond donors (Lipinski definition) is 2. The van der Waals surface area contributed by atoms with Crippen LogP contribution in [0.1, 0.15) is 6.92 Å². The first-order chi connectivity index (χ1) is 11.8. The van der Waals surface area contributed by atoms with Gasteiger partial charge in [0.15, 0.2) is 0 Å². The van der Waals surface area contributed by atoms with E-state index in [0.29, 0.717) is 5.57 Å². The third kappa shape index (κ3) is 3.48. The maximum absolute atomic E-state index is 12.6. The van der Waals surface area contributed by atoms with Crippen molar-refractivity contribution in [2.45, 2.75) is 18.0 Å². The van der Waals surface area contributed by atoms with Crippen LogP contribution in [0.3, 0.4) is 0 Å². The molecule has 11 heteroatoms. The quantitative estimate of drug-likeness (QED) is 0.340. The van der Waals surface area contributed by atoms with Gasteiger partial charge in [0, 0.05) is 25.4 Å². The molecule has 2 aliphatic rings. The highest BCUT2D eigenvalue weighted by atomic mass is 32.2. The van der Waals surface area contributed by atoms with E-state index in [4.69, 9.17) is 9.47 Å². The maximum atomic E-state index is 12.6. The minimum Gasteiger partial charge on any atom is -0.477 e. The number of aliphatic carboxylic acids is 1. The van der Waals surface area contributed by atoms with E-state index < -0.39 is 28.9 Å². The first-order valence-corrected chi connectivity index (χ1v) is 9.61. The molecule has 2 rings (SSSR count). The van der Waals surface area contributed by atoms with Crippen molar-refractivity contribution in [3.63, 3.8) is 0 Å². The van der Waals surface area contributed by atoms with E-state index in [-0.39, 0.29) is 29.7 Å². The Morgan fingerprint density at radius 1 is 1.48 bits per heavy atom. The topological polar surface area (TPSA) is 122 Å². The van der Waals surface area contributed by atoms with Crippen molar-refractivity contribution < 1.29 is 33.8 Å². The van der Waals surface area contributed by atoms with Crippen LogP contribution in [0.5, 0.6) is 0 Å². The first kappa shape index (κ1) is 19.6. The molecule has 2 N–H and O–H groups in total. The summed E-state index contributed by atoms with van der Waals surface area (Å²) >= 11 is 2.53. The van der Waals surface area contributed by atoms with Gasteiger partial charge < -0.3 is 19.9 Å². The van der Waals surface area contributed by atoms with Crippen molar-refractivity contribution in [2.75, 3.05) is 31.5 Å². The summed E-state index contributed by atoms with van der Waals surface area (Å²) in [6, 6.07) is 0. The second-order valence-electron chi connectivity index (χ2n) is 5.30. The summed E-state index contributed by atoms with van der Waals surface area (Å²) in [5, 5.41) is 11.3. The number of methoxy groups -OCH3 is 1. The fourth-order valence-corrected chi connectivity index (χ4v) is 4.37. The Labute approximate surface area is 152 Å². The molecule has 1 saturated heterocycles. The number of β-lactam (4-membered cyclic amide) rings is 1. The Kier molecular flexibility index (Phi) is 6.01. The normalized spacial score (nSPS) is 25.2. The second-order valence-corrected chi connectivity index (χ2v) is 7.23. The fraction of sp³-hybridized carbons (Fsp3) is 0.571. The number of thioether (sulfide) groups is 2. The summed E-state index contributed by atoms with van der Waals surface area (Å²) in [5.74, 6) is -2.52. The second kappa shape index (κ2) is 7.67. The number of esters is 1. The summed E-state index contributed by atoms with van der Waals surface area (Å²) in [5.41, 5.74) is -1.51. The van der Waals surface area contributed by atoms with Crippen LogP contribution in [0.2, 0.25) is 0 Å². The number of carboxylic acids is 1. The molecule has 2 atom stereocenters. The Hall–Kier alpha value is -1.72. The molecule has 0 unspecified atom stereocenters. The number of hydrogen-bond acceptors (Lipinski definition) is 8. The number of carbonyl (C=O) groups is 4. The van der Waals surface area contributed by atoms with Crippen LogP contribution >= 0.6 is 23.5 Å². The lowest BCUT2D eigenvalue weighted by atomic mass is 9.98. The van der Waals surface area contributed by atoms with Crippen LogP contribution < -0.4 is 5.32 Å². The van der Waals surface area contributed by atoms with Crippen molar-refractivity contribution in [3.8, 4) is 0 Å². The fourth-order valence-electron chi connectivity index (χ4n) is 2.62. The predicted octanol–water partition coefficient (Wildman–Crippen LogP) is -0.375. The highest BCUT2D eigenvalue weighted by Crippen LogP contribution is 2.46. The van der Waals surface area contributed by atoms with Gasteiger partial charge in [0.05, 0.1) is 5.75 Å². The first-order valence-electron chi connectivity index (χ1n) is 7.17. The van der Waals surface area contributed by atoms with Crippen LogP contribution in [-0.4, -0.2) is 76.3 Å². The van der Waals surface area contributed by atoms with Gasteiger partial charge in [0.2, 0.25) is 5.91 Å². The van der Waals surface area contributed by atoms with Gasteiger partial charge in [-0.15, -0.1) is 11.8 Å². The van der Waals surface area contributed by atoms with Crippen molar-refractivity contribution >= 4 is 47.3 Å². The lowest BCUT2D eigenvalue weighted by molar-refractivity contribution is -0.192. The van der Waals surface area contributed by atoms with Crippen molar-refractivity contribution in [2.24, 2.45) is 0 Å². The average Bonchev–Trinajstić information content (AvgIpc) is 2.56. The summed E-state index contributed by atoms with van der Waals surface area (Å²) in [4.78, 5) is 48.2. The minimum absolute atomic E-state index is 0.148. The zero-order valence-corrected chi connectivity index (χ0v) is 15.5. The molecule has 0 saturated carbocycles. The lowest BCUT2D eigenvalue weighted by Crippen LogP contribution is -2.80. The molecule has 0 bridgehead atoms. The molecular formula is C14H18N2O7S2. The average molecular weight is 390 g/mol. The molecular weight excluding hydrogens is 372 g/mol. The number of carbonyl (C=O) groups excluding carboxylic acids is 3. The van der Waals surface area contributed by atoms with E-state index >= 15 is 0 Å². The molecule has 0 aromatic heterocycles. The van der Waals surface area contributed by atoms with Gasteiger partial charge in [0.25, 0.3) is 11.6 Å². The smallest absolute Gasteiger partial charge is 0.352 e. The van der Waals surface area contributed by atoms with Crippen LogP contribution in [-0.2, 0) is 28.7 Å². The Morgan fingerprint density at radius 2 is 2.16 bits per heavy atom. The molecule has 1 fully saturated rings. The molecule has 25 heavy (non-hydrogen) atoms. The largest absolute Gasteiger partial charge is 0.477 e. The summed E-state index contributed by atoms with van der Waals surface area (Å²) in [6.07, 6.45) is 1.75. The molecule has 0 spiro atoms. The predicted molar refractivity (Wildman–Crippen MR) is 90.7 cm³/mol. The van der Waals surface area contributed by atoms with Gasteiger partial charge in [-0.2, -0.15) is 11.8 Å². The third-order valence-corrected chi connectivity index (χ3v) is 5.61. The van der Waals surface area contributed by atoms with E-state index in [0.717, 1.165) is 4.90 Å². The van der Waals surface area contributed by atoms with Gasteiger partial charge in [-0.1, -0.05) is 0 Å². The summed E-state index contributed by atoms with van der Waals surface area (Å²) in [6.45, 7) is 1.01. The zero-order valence-electron chi connectivity index (χ0n) is 13.9.